The Labute approximate surface area is 182 Å². The molecule has 2 aromatic heterocycles. The van der Waals surface area contributed by atoms with Gasteiger partial charge in [-0.15, -0.1) is 10.2 Å². The van der Waals surface area contributed by atoms with Crippen LogP contribution in [0.1, 0.15) is 5.56 Å². The van der Waals surface area contributed by atoms with Crippen LogP contribution >= 0.6 is 23.4 Å². The summed E-state index contributed by atoms with van der Waals surface area (Å²) in [6, 6.07) is 13.0. The van der Waals surface area contributed by atoms with Crippen molar-refractivity contribution in [3.63, 3.8) is 0 Å². The first-order valence-corrected chi connectivity index (χ1v) is 10.5. The number of furan rings is 1. The molecule has 0 saturated heterocycles. The van der Waals surface area contributed by atoms with E-state index in [2.05, 4.69) is 15.5 Å². The number of nitrogens with zero attached hydrogens (tertiary/aromatic N) is 3. The molecule has 0 aliphatic heterocycles. The van der Waals surface area contributed by atoms with Gasteiger partial charge in [0.25, 0.3) is 0 Å². The maximum atomic E-state index is 12.3. The number of carbonyl (C=O) groups is 1. The Morgan fingerprint density at radius 3 is 2.87 bits per heavy atom. The zero-order valence-corrected chi connectivity index (χ0v) is 18.2. The Morgan fingerprint density at radius 2 is 2.10 bits per heavy atom. The first kappa shape index (κ1) is 20.3. The Balaban J connectivity index is 1.47. The molecule has 0 spiro atoms. The van der Waals surface area contributed by atoms with Crippen LogP contribution in [0.4, 0.5) is 5.69 Å². The molecule has 0 aliphatic rings. The van der Waals surface area contributed by atoms with Crippen LogP contribution in [0.3, 0.4) is 0 Å². The zero-order chi connectivity index (χ0) is 21.3. The SMILES string of the molecule is COc1cccc2cc(-c3nnc(SCC(=O)Nc4ccc(C)c(Cl)c4)n3C)oc12. The van der Waals surface area contributed by atoms with E-state index in [4.69, 9.17) is 20.8 Å². The monoisotopic (exact) mass is 442 g/mol. The number of aryl methyl sites for hydroxylation is 1. The third kappa shape index (κ3) is 4.01. The van der Waals surface area contributed by atoms with Gasteiger partial charge in [-0.2, -0.15) is 0 Å². The van der Waals surface area contributed by atoms with Crippen LogP contribution < -0.4 is 10.1 Å². The van der Waals surface area contributed by atoms with Crippen LogP contribution in [-0.4, -0.2) is 33.5 Å². The van der Waals surface area contributed by atoms with Crippen LogP contribution in [-0.2, 0) is 11.8 Å². The summed E-state index contributed by atoms with van der Waals surface area (Å²) < 4.78 is 13.1. The van der Waals surface area contributed by atoms with Crippen LogP contribution in [0, 0.1) is 6.92 Å². The summed E-state index contributed by atoms with van der Waals surface area (Å²) in [5, 5.41) is 13.4. The number of anilines is 1. The van der Waals surface area contributed by atoms with Crippen molar-refractivity contribution in [2.24, 2.45) is 7.05 Å². The van der Waals surface area contributed by atoms with Crippen molar-refractivity contribution in [2.45, 2.75) is 12.1 Å². The minimum absolute atomic E-state index is 0.155. The van der Waals surface area contributed by atoms with Gasteiger partial charge in [0.15, 0.2) is 28.1 Å². The van der Waals surface area contributed by atoms with Gasteiger partial charge in [0.1, 0.15) is 0 Å². The average molecular weight is 443 g/mol. The average Bonchev–Trinajstić information content (AvgIpc) is 3.32. The molecule has 1 N–H and O–H groups in total. The van der Waals surface area contributed by atoms with Gasteiger partial charge in [-0.25, -0.2) is 0 Å². The lowest BCUT2D eigenvalue weighted by atomic mass is 10.2. The summed E-state index contributed by atoms with van der Waals surface area (Å²) in [6.45, 7) is 1.91. The second-order valence-corrected chi connectivity index (χ2v) is 8.00. The molecule has 0 fully saturated rings. The standard InChI is InChI=1S/C21H19ClN4O3S/c1-12-7-8-14(10-15(12)22)23-18(27)11-30-21-25-24-20(26(21)2)17-9-13-5-4-6-16(28-3)19(13)29-17/h4-10H,11H2,1-3H3,(H,23,27). The number of carbonyl (C=O) groups excluding carboxylic acids is 1. The molecule has 0 unspecified atom stereocenters. The van der Waals surface area contributed by atoms with Gasteiger partial charge in [0.05, 0.1) is 12.9 Å². The van der Waals surface area contributed by atoms with Gasteiger partial charge >= 0.3 is 0 Å². The van der Waals surface area contributed by atoms with Crippen molar-refractivity contribution in [1.82, 2.24) is 14.8 Å². The van der Waals surface area contributed by atoms with Gasteiger partial charge in [0, 0.05) is 23.1 Å². The smallest absolute Gasteiger partial charge is 0.234 e. The highest BCUT2D eigenvalue weighted by atomic mass is 35.5. The fourth-order valence-corrected chi connectivity index (χ4v) is 3.85. The molecule has 2 heterocycles. The molecule has 1 amide bonds. The van der Waals surface area contributed by atoms with E-state index in [0.717, 1.165) is 10.9 Å². The van der Waals surface area contributed by atoms with Gasteiger partial charge in [-0.3, -0.25) is 4.79 Å². The van der Waals surface area contributed by atoms with E-state index in [1.165, 1.54) is 11.8 Å². The maximum Gasteiger partial charge on any atom is 0.234 e. The molecule has 7 nitrogen and oxygen atoms in total. The minimum Gasteiger partial charge on any atom is -0.493 e. The van der Waals surface area contributed by atoms with Crippen molar-refractivity contribution >= 4 is 45.9 Å². The lowest BCUT2D eigenvalue weighted by Crippen LogP contribution is -2.14. The zero-order valence-electron chi connectivity index (χ0n) is 16.6. The van der Waals surface area contributed by atoms with E-state index in [0.29, 0.717) is 38.8 Å². The maximum absolute atomic E-state index is 12.3. The second-order valence-electron chi connectivity index (χ2n) is 6.66. The summed E-state index contributed by atoms with van der Waals surface area (Å²) >= 11 is 7.40. The largest absolute Gasteiger partial charge is 0.493 e. The number of nitrogens with one attached hydrogen (secondary N) is 1. The van der Waals surface area contributed by atoms with E-state index in [1.807, 2.05) is 50.4 Å². The number of aromatic nitrogens is 3. The Morgan fingerprint density at radius 1 is 1.27 bits per heavy atom. The van der Waals surface area contributed by atoms with E-state index in [1.54, 1.807) is 17.7 Å². The van der Waals surface area contributed by atoms with Gasteiger partial charge in [0.2, 0.25) is 5.91 Å². The Bertz CT molecular complexity index is 1230. The number of ether oxygens (including phenoxy) is 1. The highest BCUT2D eigenvalue weighted by molar-refractivity contribution is 7.99. The number of fused-ring (bicyclic) bond motifs is 1. The number of benzene rings is 2. The predicted molar refractivity (Wildman–Crippen MR) is 118 cm³/mol. The predicted octanol–water partition coefficient (Wildman–Crippen LogP) is 4.93. The Kier molecular flexibility index (Phi) is 5.69. The van der Waals surface area contributed by atoms with E-state index in [9.17, 15) is 4.79 Å². The Hall–Kier alpha value is -2.97. The topological polar surface area (TPSA) is 82.2 Å². The first-order valence-electron chi connectivity index (χ1n) is 9.11. The summed E-state index contributed by atoms with van der Waals surface area (Å²) in [5.74, 6) is 1.84. The number of rotatable bonds is 6. The molecular weight excluding hydrogens is 424 g/mol. The molecular formula is C21H19ClN4O3S. The quantitative estimate of drug-likeness (QED) is 0.426. The number of hydrogen-bond acceptors (Lipinski definition) is 6. The van der Waals surface area contributed by atoms with E-state index >= 15 is 0 Å². The highest BCUT2D eigenvalue weighted by Gasteiger charge is 2.18. The molecule has 0 aliphatic carbocycles. The van der Waals surface area contributed by atoms with Crippen LogP contribution in [0.15, 0.2) is 52.0 Å². The molecule has 4 aromatic rings. The van der Waals surface area contributed by atoms with Crippen LogP contribution in [0.2, 0.25) is 5.02 Å². The van der Waals surface area contributed by atoms with Crippen LogP contribution in [0.25, 0.3) is 22.6 Å². The number of thioether (sulfide) groups is 1. The molecule has 4 rings (SSSR count). The van der Waals surface area contributed by atoms with Crippen molar-refractivity contribution in [1.29, 1.82) is 0 Å². The second kappa shape index (κ2) is 8.41. The molecule has 0 bridgehead atoms. The fourth-order valence-electron chi connectivity index (χ4n) is 2.96. The minimum atomic E-state index is -0.155. The summed E-state index contributed by atoms with van der Waals surface area (Å²) in [5.41, 5.74) is 2.27. The fraction of sp³-hybridized carbons (Fsp3) is 0.190. The lowest BCUT2D eigenvalue weighted by Gasteiger charge is -2.07. The van der Waals surface area contributed by atoms with Crippen LogP contribution in [0.5, 0.6) is 5.75 Å². The number of para-hydroxylation sites is 1. The number of methoxy groups -OCH3 is 1. The third-order valence-corrected chi connectivity index (χ3v) is 6.00. The first-order chi connectivity index (χ1) is 14.5. The third-order valence-electron chi connectivity index (χ3n) is 4.57. The van der Waals surface area contributed by atoms with Crippen molar-refractivity contribution < 1.29 is 13.9 Å². The lowest BCUT2D eigenvalue weighted by molar-refractivity contribution is -0.113. The molecule has 0 saturated carbocycles. The van der Waals surface area contributed by atoms with Crippen molar-refractivity contribution in [3.8, 4) is 17.3 Å². The molecule has 0 atom stereocenters. The summed E-state index contributed by atoms with van der Waals surface area (Å²) in [6.07, 6.45) is 0. The molecule has 2 aromatic carbocycles. The molecule has 0 radical (unpaired) electrons. The van der Waals surface area contributed by atoms with Gasteiger partial charge < -0.3 is 19.0 Å². The normalized spacial score (nSPS) is 11.1. The van der Waals surface area contributed by atoms with Crippen molar-refractivity contribution in [2.75, 3.05) is 18.2 Å². The van der Waals surface area contributed by atoms with Gasteiger partial charge in [-0.05, 0) is 36.8 Å². The van der Waals surface area contributed by atoms with E-state index < -0.39 is 0 Å². The number of amides is 1. The van der Waals surface area contributed by atoms with Gasteiger partial charge in [-0.1, -0.05) is 41.6 Å². The highest BCUT2D eigenvalue weighted by Crippen LogP contribution is 2.33. The molecule has 154 valence electrons. The number of hydrogen-bond donors (Lipinski definition) is 1. The van der Waals surface area contributed by atoms with E-state index in [-0.39, 0.29) is 11.7 Å². The molecule has 30 heavy (non-hydrogen) atoms. The summed E-state index contributed by atoms with van der Waals surface area (Å²) in [4.78, 5) is 12.3. The van der Waals surface area contributed by atoms with Crippen molar-refractivity contribution in [3.05, 3.63) is 53.1 Å². The summed E-state index contributed by atoms with van der Waals surface area (Å²) in [7, 11) is 3.43. The number of halogens is 1. The molecule has 9 heteroatoms.